The maximum Gasteiger partial charge on any atom is 0.122 e. The van der Waals surface area contributed by atoms with Crippen molar-refractivity contribution in [2.24, 2.45) is 0 Å². The molecule has 0 saturated carbocycles. The molecular weight excluding hydrogens is 258 g/mol. The predicted octanol–water partition coefficient (Wildman–Crippen LogP) is 3.85. The summed E-state index contributed by atoms with van der Waals surface area (Å²) < 4.78 is 5.96. The molecule has 2 heterocycles. The molecule has 1 fully saturated rings. The molecule has 0 aliphatic carbocycles. The van der Waals surface area contributed by atoms with Crippen molar-refractivity contribution in [3.05, 3.63) is 29.8 Å². The zero-order valence-electron chi connectivity index (χ0n) is 11.7. The molecular formula is C16H24ClNO. The van der Waals surface area contributed by atoms with Crippen LogP contribution in [0.5, 0.6) is 5.75 Å². The van der Waals surface area contributed by atoms with Crippen LogP contribution in [0.3, 0.4) is 0 Å². The van der Waals surface area contributed by atoms with E-state index < -0.39 is 0 Å². The van der Waals surface area contributed by atoms with Gasteiger partial charge in [0.25, 0.3) is 0 Å². The van der Waals surface area contributed by atoms with E-state index in [1.54, 1.807) is 0 Å². The van der Waals surface area contributed by atoms with Crippen LogP contribution in [0.1, 0.15) is 44.1 Å². The minimum absolute atomic E-state index is 0. The van der Waals surface area contributed by atoms with Gasteiger partial charge in [-0.2, -0.15) is 0 Å². The molecule has 0 aromatic heterocycles. The van der Waals surface area contributed by atoms with Crippen molar-refractivity contribution in [2.45, 2.75) is 44.6 Å². The number of benzene rings is 1. The number of rotatable bonds is 3. The van der Waals surface area contributed by atoms with Crippen molar-refractivity contribution in [1.29, 1.82) is 0 Å². The first kappa shape index (κ1) is 14.7. The third-order valence-electron chi connectivity index (χ3n) is 4.42. The van der Waals surface area contributed by atoms with Gasteiger partial charge in [0.2, 0.25) is 0 Å². The molecule has 0 amide bonds. The predicted molar refractivity (Wildman–Crippen MR) is 81.4 cm³/mol. The molecule has 106 valence electrons. The lowest BCUT2D eigenvalue weighted by molar-refractivity contribution is 0.0648. The minimum Gasteiger partial charge on any atom is -0.492 e. The molecule has 1 saturated heterocycles. The van der Waals surface area contributed by atoms with Crippen LogP contribution in [0.25, 0.3) is 0 Å². The van der Waals surface area contributed by atoms with Gasteiger partial charge in [0, 0.05) is 5.92 Å². The monoisotopic (exact) mass is 281 g/mol. The Labute approximate surface area is 122 Å². The normalized spacial score (nSPS) is 25.7. The van der Waals surface area contributed by atoms with Gasteiger partial charge in [0.1, 0.15) is 12.4 Å². The Morgan fingerprint density at radius 3 is 3.00 bits per heavy atom. The zero-order chi connectivity index (χ0) is 12.4. The summed E-state index contributed by atoms with van der Waals surface area (Å²) in [6.45, 7) is 5.65. The standard InChI is InChI=1S/C16H23NO.ClH/c1-2-3-10-17-11-6-8-13-14-7-4-5-9-16(14)18-12-15(13)17;/h4-5,7,9,13,15H,2-3,6,8,10-12H2,1H3;1H/t13-,15-;/m0./s1. The Morgan fingerprint density at radius 2 is 2.16 bits per heavy atom. The zero-order valence-corrected chi connectivity index (χ0v) is 12.5. The highest BCUT2D eigenvalue weighted by atomic mass is 35.5. The van der Waals surface area contributed by atoms with E-state index in [0.29, 0.717) is 12.0 Å². The number of ether oxygens (including phenoxy) is 1. The Hall–Kier alpha value is -0.730. The lowest BCUT2D eigenvalue weighted by atomic mass is 9.81. The van der Waals surface area contributed by atoms with Crippen LogP contribution in [0.4, 0.5) is 0 Å². The fourth-order valence-corrected chi connectivity index (χ4v) is 3.44. The van der Waals surface area contributed by atoms with Crippen molar-refractivity contribution in [3.63, 3.8) is 0 Å². The Balaban J connectivity index is 0.00000133. The molecule has 0 bridgehead atoms. The van der Waals surface area contributed by atoms with Gasteiger partial charge in [-0.05, 0) is 44.0 Å². The fraction of sp³-hybridized carbons (Fsp3) is 0.625. The number of fused-ring (bicyclic) bond motifs is 3. The number of hydrogen-bond donors (Lipinski definition) is 0. The van der Waals surface area contributed by atoms with Crippen LogP contribution in [0.2, 0.25) is 0 Å². The largest absolute Gasteiger partial charge is 0.492 e. The molecule has 0 unspecified atom stereocenters. The molecule has 1 aromatic rings. The number of piperidine rings is 1. The van der Waals surface area contributed by atoms with Crippen molar-refractivity contribution >= 4 is 12.4 Å². The van der Waals surface area contributed by atoms with Crippen LogP contribution >= 0.6 is 12.4 Å². The number of likely N-dealkylation sites (tertiary alicyclic amines) is 1. The quantitative estimate of drug-likeness (QED) is 0.834. The van der Waals surface area contributed by atoms with Gasteiger partial charge in [0.05, 0.1) is 6.04 Å². The molecule has 3 rings (SSSR count). The summed E-state index contributed by atoms with van der Waals surface area (Å²) in [6, 6.07) is 9.22. The lowest BCUT2D eigenvalue weighted by Crippen LogP contribution is -2.49. The second kappa shape index (κ2) is 6.62. The summed E-state index contributed by atoms with van der Waals surface area (Å²) >= 11 is 0. The van der Waals surface area contributed by atoms with Gasteiger partial charge in [-0.15, -0.1) is 12.4 Å². The van der Waals surface area contributed by atoms with E-state index in [1.807, 2.05) is 0 Å². The van der Waals surface area contributed by atoms with Crippen molar-refractivity contribution in [3.8, 4) is 5.75 Å². The second-order valence-corrected chi connectivity index (χ2v) is 5.55. The van der Waals surface area contributed by atoms with Gasteiger partial charge in [0.15, 0.2) is 0 Å². The summed E-state index contributed by atoms with van der Waals surface area (Å²) in [5.41, 5.74) is 1.44. The molecule has 2 aliphatic heterocycles. The third-order valence-corrected chi connectivity index (χ3v) is 4.42. The maximum absolute atomic E-state index is 5.96. The number of hydrogen-bond acceptors (Lipinski definition) is 2. The number of halogens is 1. The average molecular weight is 282 g/mol. The smallest absolute Gasteiger partial charge is 0.122 e. The highest BCUT2D eigenvalue weighted by molar-refractivity contribution is 5.85. The van der Waals surface area contributed by atoms with Crippen LogP contribution in [0, 0.1) is 0 Å². The molecule has 3 heteroatoms. The Bertz CT molecular complexity index is 409. The first-order valence-electron chi connectivity index (χ1n) is 7.36. The summed E-state index contributed by atoms with van der Waals surface area (Å²) in [4.78, 5) is 2.66. The molecule has 2 aliphatic rings. The lowest BCUT2D eigenvalue weighted by Gasteiger charge is -2.44. The first-order chi connectivity index (χ1) is 8.90. The van der Waals surface area contributed by atoms with Gasteiger partial charge in [-0.25, -0.2) is 0 Å². The van der Waals surface area contributed by atoms with Gasteiger partial charge >= 0.3 is 0 Å². The highest BCUT2D eigenvalue weighted by Crippen LogP contribution is 2.40. The van der Waals surface area contributed by atoms with Crippen LogP contribution in [0.15, 0.2) is 24.3 Å². The Kier molecular flexibility index (Phi) is 5.12. The van der Waals surface area contributed by atoms with E-state index in [4.69, 9.17) is 4.74 Å². The molecule has 2 atom stereocenters. The summed E-state index contributed by atoms with van der Waals surface area (Å²) in [5, 5.41) is 0. The number of unbranched alkanes of at least 4 members (excludes halogenated alkanes) is 1. The van der Waals surface area contributed by atoms with Crippen LogP contribution < -0.4 is 4.74 Å². The third kappa shape index (κ3) is 2.90. The minimum atomic E-state index is 0. The summed E-state index contributed by atoms with van der Waals surface area (Å²) in [6.07, 6.45) is 5.25. The highest BCUT2D eigenvalue weighted by Gasteiger charge is 2.36. The SMILES string of the molecule is CCCCN1CCC[C@H]2c3ccccc3OC[C@@H]21.Cl. The fourth-order valence-electron chi connectivity index (χ4n) is 3.44. The van der Waals surface area contributed by atoms with Crippen LogP contribution in [-0.2, 0) is 0 Å². The van der Waals surface area contributed by atoms with E-state index in [1.165, 1.54) is 44.3 Å². The van der Waals surface area contributed by atoms with E-state index in [9.17, 15) is 0 Å². The maximum atomic E-state index is 5.96. The number of para-hydroxylation sites is 1. The molecule has 1 aromatic carbocycles. The van der Waals surface area contributed by atoms with Gasteiger partial charge in [-0.3, -0.25) is 4.90 Å². The first-order valence-corrected chi connectivity index (χ1v) is 7.36. The van der Waals surface area contributed by atoms with Gasteiger partial charge in [-0.1, -0.05) is 31.5 Å². The van der Waals surface area contributed by atoms with Gasteiger partial charge < -0.3 is 4.74 Å². The number of nitrogens with zero attached hydrogens (tertiary/aromatic N) is 1. The average Bonchev–Trinajstić information content (AvgIpc) is 2.44. The molecule has 0 spiro atoms. The summed E-state index contributed by atoms with van der Waals surface area (Å²) in [7, 11) is 0. The Morgan fingerprint density at radius 1 is 1.32 bits per heavy atom. The van der Waals surface area contributed by atoms with Crippen molar-refractivity contribution in [2.75, 3.05) is 19.7 Å². The second-order valence-electron chi connectivity index (χ2n) is 5.55. The van der Waals surface area contributed by atoms with Crippen LogP contribution in [-0.4, -0.2) is 30.6 Å². The summed E-state index contributed by atoms with van der Waals surface area (Å²) in [5.74, 6) is 1.82. The molecule has 19 heavy (non-hydrogen) atoms. The topological polar surface area (TPSA) is 12.5 Å². The van der Waals surface area contributed by atoms with Crippen molar-refractivity contribution < 1.29 is 4.74 Å². The van der Waals surface area contributed by atoms with E-state index in [-0.39, 0.29) is 12.4 Å². The van der Waals surface area contributed by atoms with E-state index in [0.717, 1.165) is 12.4 Å². The molecule has 0 radical (unpaired) electrons. The van der Waals surface area contributed by atoms with E-state index in [2.05, 4.69) is 36.1 Å². The molecule has 0 N–H and O–H groups in total. The molecule has 2 nitrogen and oxygen atoms in total. The van der Waals surface area contributed by atoms with E-state index >= 15 is 0 Å². The van der Waals surface area contributed by atoms with Crippen molar-refractivity contribution in [1.82, 2.24) is 4.90 Å².